The highest BCUT2D eigenvalue weighted by molar-refractivity contribution is 6.16. The first kappa shape index (κ1) is 18.2. The maximum Gasteiger partial charge on any atom is 0.234 e. The zero-order chi connectivity index (χ0) is 19.7. The van der Waals surface area contributed by atoms with Gasteiger partial charge in [-0.15, -0.1) is 0 Å². The Morgan fingerprint density at radius 2 is 1.64 bits per heavy atom. The molecule has 28 heavy (non-hydrogen) atoms. The van der Waals surface area contributed by atoms with Gasteiger partial charge in [0.1, 0.15) is 0 Å². The number of anilines is 2. The summed E-state index contributed by atoms with van der Waals surface area (Å²) >= 11 is 0. The maximum absolute atomic E-state index is 12.0. The average molecular weight is 377 g/mol. The molecule has 2 fully saturated rings. The molecule has 4 rings (SSSR count). The summed E-state index contributed by atoms with van der Waals surface area (Å²) in [6.45, 7) is 5.53. The molecule has 1 aromatic heterocycles. The van der Waals surface area contributed by atoms with Crippen molar-refractivity contribution < 1.29 is 9.59 Å². The molecule has 0 saturated carbocycles. The molecule has 144 valence electrons. The van der Waals surface area contributed by atoms with E-state index < -0.39 is 0 Å². The number of amides is 1. The smallest absolute Gasteiger partial charge is 0.234 e. The number of carbonyl (C=O) groups is 2. The van der Waals surface area contributed by atoms with Crippen LogP contribution in [0.25, 0.3) is 6.08 Å². The van der Waals surface area contributed by atoms with Gasteiger partial charge in [-0.2, -0.15) is 0 Å². The van der Waals surface area contributed by atoms with Crippen LogP contribution < -0.4 is 9.80 Å². The molecule has 2 aliphatic rings. The minimum atomic E-state index is -0.183. The first-order valence-corrected chi connectivity index (χ1v) is 9.42. The van der Waals surface area contributed by atoms with E-state index in [1.807, 2.05) is 0 Å². The van der Waals surface area contributed by atoms with E-state index in [1.165, 1.54) is 16.2 Å². The number of allylic oxidation sites excluding steroid dienone is 1. The lowest BCUT2D eigenvalue weighted by Crippen LogP contribution is -2.47. The number of ketones is 1. The number of carbonyl (C=O) groups excluding carboxylic acids is 2. The molecule has 1 aromatic carbocycles. The molecule has 0 unspecified atom stereocenters. The van der Waals surface area contributed by atoms with Crippen LogP contribution in [0.15, 0.2) is 42.2 Å². The van der Waals surface area contributed by atoms with Crippen LogP contribution in [0.5, 0.6) is 0 Å². The van der Waals surface area contributed by atoms with E-state index in [-0.39, 0.29) is 18.1 Å². The number of benzene rings is 1. The molecule has 0 radical (unpaired) electrons. The fourth-order valence-electron chi connectivity index (χ4n) is 3.50. The van der Waals surface area contributed by atoms with Gasteiger partial charge in [-0.3, -0.25) is 9.59 Å². The Morgan fingerprint density at radius 1 is 0.964 bits per heavy atom. The summed E-state index contributed by atoms with van der Waals surface area (Å²) in [6, 6.07) is 10.3. The fraction of sp³-hybridized carbons (Fsp3) is 0.333. The van der Waals surface area contributed by atoms with Crippen molar-refractivity contribution in [2.45, 2.75) is 13.3 Å². The normalized spacial score (nSPS) is 19.1. The highest BCUT2D eigenvalue weighted by Crippen LogP contribution is 2.21. The lowest BCUT2D eigenvalue weighted by atomic mass is 10.2. The third-order valence-electron chi connectivity index (χ3n) is 5.24. The molecule has 2 aromatic rings. The van der Waals surface area contributed by atoms with Crippen molar-refractivity contribution >= 4 is 29.4 Å². The van der Waals surface area contributed by atoms with Crippen LogP contribution in [0.3, 0.4) is 0 Å². The van der Waals surface area contributed by atoms with Crippen LogP contribution in [0, 0.1) is 6.92 Å². The Balaban J connectivity index is 1.46. The van der Waals surface area contributed by atoms with Crippen molar-refractivity contribution in [2.24, 2.45) is 0 Å². The van der Waals surface area contributed by atoms with E-state index in [4.69, 9.17) is 0 Å². The van der Waals surface area contributed by atoms with E-state index in [1.54, 1.807) is 25.4 Å². The Kier molecular flexibility index (Phi) is 4.81. The summed E-state index contributed by atoms with van der Waals surface area (Å²) in [7, 11) is 1.62. The van der Waals surface area contributed by atoms with Gasteiger partial charge in [-0.25, -0.2) is 9.97 Å². The van der Waals surface area contributed by atoms with Crippen molar-refractivity contribution in [3.8, 4) is 0 Å². The molecule has 7 nitrogen and oxygen atoms in total. The summed E-state index contributed by atoms with van der Waals surface area (Å²) in [6.07, 6.45) is 3.30. The predicted octanol–water partition coefficient (Wildman–Crippen LogP) is 1.88. The van der Waals surface area contributed by atoms with E-state index in [0.717, 1.165) is 26.2 Å². The Labute approximate surface area is 164 Å². The van der Waals surface area contributed by atoms with Gasteiger partial charge in [0.25, 0.3) is 0 Å². The van der Waals surface area contributed by atoms with Crippen LogP contribution in [-0.4, -0.2) is 59.8 Å². The summed E-state index contributed by atoms with van der Waals surface area (Å²) in [5.41, 5.74) is 3.52. The van der Waals surface area contributed by atoms with Crippen molar-refractivity contribution in [1.82, 2.24) is 14.9 Å². The topological polar surface area (TPSA) is 69.6 Å². The van der Waals surface area contributed by atoms with Gasteiger partial charge in [0.05, 0.1) is 17.8 Å². The number of nitrogens with zero attached hydrogens (tertiary/aromatic N) is 5. The first-order valence-electron chi connectivity index (χ1n) is 9.42. The van der Waals surface area contributed by atoms with E-state index in [2.05, 4.69) is 51.0 Å². The molecule has 0 bridgehead atoms. The minimum Gasteiger partial charge on any atom is -0.368 e. The molecule has 2 aliphatic heterocycles. The zero-order valence-electron chi connectivity index (χ0n) is 16.1. The number of hydrogen-bond donors (Lipinski definition) is 0. The number of likely N-dealkylation sites (N-methyl/N-ethyl adjacent to an activating group) is 1. The molecule has 7 heteroatoms. The molecule has 0 atom stereocenters. The van der Waals surface area contributed by atoms with Gasteiger partial charge in [-0.05, 0) is 31.2 Å². The van der Waals surface area contributed by atoms with Crippen LogP contribution >= 0.6 is 0 Å². The molecular weight excluding hydrogens is 354 g/mol. The number of Topliss-reactive ketones (excluding diaryl/α,β-unsaturated/α-hetero) is 1. The molecular formula is C21H23N5O2. The second-order valence-corrected chi connectivity index (χ2v) is 7.17. The maximum atomic E-state index is 12.0. The van der Waals surface area contributed by atoms with Crippen LogP contribution in [0.1, 0.15) is 17.7 Å². The van der Waals surface area contributed by atoms with Crippen molar-refractivity contribution in [1.29, 1.82) is 0 Å². The first-order chi connectivity index (χ1) is 13.5. The van der Waals surface area contributed by atoms with Gasteiger partial charge in [0.2, 0.25) is 11.9 Å². The zero-order valence-corrected chi connectivity index (χ0v) is 16.1. The van der Waals surface area contributed by atoms with Gasteiger partial charge in [0, 0.05) is 45.1 Å². The highest BCUT2D eigenvalue weighted by atomic mass is 16.2. The van der Waals surface area contributed by atoms with Crippen molar-refractivity contribution in [3.63, 3.8) is 0 Å². The summed E-state index contributed by atoms with van der Waals surface area (Å²) in [5.74, 6) is 0.300. The lowest BCUT2D eigenvalue weighted by molar-refractivity contribution is -0.126. The molecule has 0 N–H and O–H groups in total. The quantitative estimate of drug-likeness (QED) is 0.601. The lowest BCUT2D eigenvalue weighted by Gasteiger charge is -2.36. The van der Waals surface area contributed by atoms with Crippen molar-refractivity contribution in [3.05, 3.63) is 53.5 Å². The SMILES string of the molecule is Cc1ccc(N2CCN(c3nccc(/C=C4/C(=O)CC(=O)N4C)n3)CC2)cc1. The Hall–Kier alpha value is -3.22. The number of rotatable bonds is 3. The third-order valence-corrected chi connectivity index (χ3v) is 5.24. The Morgan fingerprint density at radius 3 is 2.29 bits per heavy atom. The van der Waals surface area contributed by atoms with E-state index in [0.29, 0.717) is 17.3 Å². The number of likely N-dealkylation sites (tertiary alicyclic amines) is 1. The largest absolute Gasteiger partial charge is 0.368 e. The van der Waals surface area contributed by atoms with Crippen LogP contribution in [-0.2, 0) is 9.59 Å². The number of aryl methyl sites for hydroxylation is 1. The minimum absolute atomic E-state index is 0.0682. The molecule has 1 amide bonds. The summed E-state index contributed by atoms with van der Waals surface area (Å²) in [5, 5.41) is 0. The molecule has 0 aliphatic carbocycles. The molecule has 3 heterocycles. The number of hydrogen-bond acceptors (Lipinski definition) is 6. The monoisotopic (exact) mass is 377 g/mol. The van der Waals surface area contributed by atoms with Gasteiger partial charge >= 0.3 is 0 Å². The van der Waals surface area contributed by atoms with E-state index >= 15 is 0 Å². The second kappa shape index (κ2) is 7.42. The Bertz CT molecular complexity index is 930. The van der Waals surface area contributed by atoms with Gasteiger partial charge < -0.3 is 14.7 Å². The van der Waals surface area contributed by atoms with Crippen LogP contribution in [0.4, 0.5) is 11.6 Å². The van der Waals surface area contributed by atoms with Crippen LogP contribution in [0.2, 0.25) is 0 Å². The van der Waals surface area contributed by atoms with Gasteiger partial charge in [0.15, 0.2) is 5.78 Å². The molecule has 0 spiro atoms. The standard InChI is InChI=1S/C21H23N5O2/c1-15-3-5-17(6-4-15)25-9-11-26(12-10-25)21-22-8-7-16(23-21)13-18-19(27)14-20(28)24(18)2/h3-8,13H,9-12,14H2,1-2H3/b18-13-. The number of piperazine rings is 1. The number of aromatic nitrogens is 2. The van der Waals surface area contributed by atoms with E-state index in [9.17, 15) is 9.59 Å². The van der Waals surface area contributed by atoms with Gasteiger partial charge in [-0.1, -0.05) is 17.7 Å². The summed E-state index contributed by atoms with van der Waals surface area (Å²) in [4.78, 5) is 38.6. The fourth-order valence-corrected chi connectivity index (χ4v) is 3.50. The van der Waals surface area contributed by atoms with Crippen molar-refractivity contribution in [2.75, 3.05) is 43.0 Å². The predicted molar refractivity (Wildman–Crippen MR) is 108 cm³/mol. The highest BCUT2D eigenvalue weighted by Gasteiger charge is 2.30. The second-order valence-electron chi connectivity index (χ2n) is 7.17. The summed E-state index contributed by atoms with van der Waals surface area (Å²) < 4.78 is 0. The average Bonchev–Trinajstić information content (AvgIpc) is 2.95. The molecule has 2 saturated heterocycles. The third kappa shape index (κ3) is 3.60.